The number of fused-ring (bicyclic) bond motifs is 1. The smallest absolute Gasteiger partial charge is 0.236 e. The molecular weight excluding hydrogens is 360 g/mol. The molecule has 3 amide bonds. The molecule has 2 saturated heterocycles. The molecule has 1 atom stereocenters. The van der Waals surface area contributed by atoms with Gasteiger partial charge in [-0.15, -0.1) is 0 Å². The van der Waals surface area contributed by atoms with Crippen molar-refractivity contribution in [3.63, 3.8) is 0 Å². The number of hydrogen-bond donors (Lipinski definition) is 1. The van der Waals surface area contributed by atoms with E-state index in [-0.39, 0.29) is 24.1 Å². The minimum atomic E-state index is -0.444. The minimum absolute atomic E-state index is 0.0254. The minimum Gasteiger partial charge on any atom is -0.379 e. The molecule has 8 nitrogen and oxygen atoms in total. The Morgan fingerprint density at radius 1 is 1.00 bits per heavy atom. The number of benzene rings is 1. The average molecular weight is 386 g/mol. The molecule has 0 radical (unpaired) electrons. The Bertz CT molecular complexity index is 754. The molecule has 3 heterocycles. The van der Waals surface area contributed by atoms with E-state index in [4.69, 9.17) is 4.74 Å². The Morgan fingerprint density at radius 3 is 2.43 bits per heavy atom. The maximum Gasteiger partial charge on any atom is 0.236 e. The van der Waals surface area contributed by atoms with E-state index in [1.54, 1.807) is 4.90 Å². The second-order valence-corrected chi connectivity index (χ2v) is 7.49. The number of nitrogens with one attached hydrogen (secondary N) is 1. The van der Waals surface area contributed by atoms with E-state index >= 15 is 0 Å². The summed E-state index contributed by atoms with van der Waals surface area (Å²) in [7, 11) is 0. The SMILES string of the molecule is O=C1CC(C(=O)N2CCN(C(=O)CN3CCOCC3)CC2)c2ccccc2N1. The maximum atomic E-state index is 13.1. The first-order valence-electron chi connectivity index (χ1n) is 9.87. The van der Waals surface area contributed by atoms with E-state index in [1.165, 1.54) is 0 Å². The van der Waals surface area contributed by atoms with Gasteiger partial charge >= 0.3 is 0 Å². The molecule has 2 fully saturated rings. The number of carbonyl (C=O) groups is 3. The monoisotopic (exact) mass is 386 g/mol. The normalized spacial score (nSPS) is 23.1. The summed E-state index contributed by atoms with van der Waals surface area (Å²) in [6, 6.07) is 7.47. The van der Waals surface area contributed by atoms with Gasteiger partial charge in [-0.05, 0) is 11.6 Å². The topological polar surface area (TPSA) is 82.2 Å². The van der Waals surface area contributed by atoms with Gasteiger partial charge in [-0.25, -0.2) is 0 Å². The maximum absolute atomic E-state index is 13.1. The summed E-state index contributed by atoms with van der Waals surface area (Å²) in [5, 5.41) is 2.83. The predicted octanol–water partition coefficient (Wildman–Crippen LogP) is 0.115. The van der Waals surface area contributed by atoms with Gasteiger partial charge in [-0.1, -0.05) is 18.2 Å². The van der Waals surface area contributed by atoms with Gasteiger partial charge in [-0.2, -0.15) is 0 Å². The number of para-hydroxylation sites is 1. The number of piperazine rings is 1. The first-order chi connectivity index (χ1) is 13.6. The van der Waals surface area contributed by atoms with Gasteiger partial charge in [0.05, 0.1) is 25.7 Å². The highest BCUT2D eigenvalue weighted by Crippen LogP contribution is 2.33. The van der Waals surface area contributed by atoms with Crippen LogP contribution in [-0.4, -0.2) is 91.4 Å². The summed E-state index contributed by atoms with van der Waals surface area (Å²) >= 11 is 0. The first kappa shape index (κ1) is 18.9. The molecule has 0 bridgehead atoms. The molecule has 0 aliphatic carbocycles. The van der Waals surface area contributed by atoms with Crippen LogP contribution in [-0.2, 0) is 19.1 Å². The average Bonchev–Trinajstić information content (AvgIpc) is 2.73. The van der Waals surface area contributed by atoms with Gasteiger partial charge in [0.25, 0.3) is 0 Å². The summed E-state index contributed by atoms with van der Waals surface area (Å²) in [5.74, 6) is -0.490. The number of carbonyl (C=O) groups excluding carboxylic acids is 3. The molecular formula is C20H26N4O4. The standard InChI is InChI=1S/C20H26N4O4/c25-18-13-16(15-3-1-2-4-17(15)21-18)20(27)24-7-5-23(6-8-24)19(26)14-22-9-11-28-12-10-22/h1-4,16H,5-14H2,(H,21,25). The highest BCUT2D eigenvalue weighted by Gasteiger charge is 2.35. The molecule has 1 N–H and O–H groups in total. The summed E-state index contributed by atoms with van der Waals surface area (Å²) in [6.07, 6.45) is 0.173. The quantitative estimate of drug-likeness (QED) is 0.798. The van der Waals surface area contributed by atoms with Crippen molar-refractivity contribution < 1.29 is 19.1 Å². The van der Waals surface area contributed by atoms with Gasteiger partial charge < -0.3 is 19.9 Å². The fourth-order valence-electron chi connectivity index (χ4n) is 4.08. The highest BCUT2D eigenvalue weighted by atomic mass is 16.5. The third-order valence-corrected chi connectivity index (χ3v) is 5.70. The zero-order chi connectivity index (χ0) is 19.5. The van der Waals surface area contributed by atoms with Crippen molar-refractivity contribution in [3.8, 4) is 0 Å². The summed E-state index contributed by atoms with van der Waals surface area (Å²) < 4.78 is 5.32. The van der Waals surface area contributed by atoms with E-state index in [0.717, 1.165) is 24.3 Å². The second kappa shape index (κ2) is 8.28. The number of morpholine rings is 1. The van der Waals surface area contributed by atoms with E-state index in [0.29, 0.717) is 45.9 Å². The zero-order valence-electron chi connectivity index (χ0n) is 15.9. The third-order valence-electron chi connectivity index (χ3n) is 5.70. The molecule has 0 aromatic heterocycles. The third kappa shape index (κ3) is 4.02. The van der Waals surface area contributed by atoms with Crippen LogP contribution in [0.3, 0.4) is 0 Å². The number of nitrogens with zero attached hydrogens (tertiary/aromatic N) is 3. The van der Waals surface area contributed by atoms with Crippen LogP contribution in [0.2, 0.25) is 0 Å². The summed E-state index contributed by atoms with van der Waals surface area (Å²) in [4.78, 5) is 43.4. The van der Waals surface area contributed by atoms with Crippen molar-refractivity contribution in [2.24, 2.45) is 0 Å². The Labute approximate surface area is 164 Å². The molecule has 150 valence electrons. The van der Waals surface area contributed by atoms with Crippen LogP contribution < -0.4 is 5.32 Å². The van der Waals surface area contributed by atoms with Gasteiger partial charge in [0.1, 0.15) is 0 Å². The number of hydrogen-bond acceptors (Lipinski definition) is 5. The lowest BCUT2D eigenvalue weighted by Crippen LogP contribution is -2.54. The van der Waals surface area contributed by atoms with Crippen LogP contribution >= 0.6 is 0 Å². The van der Waals surface area contributed by atoms with E-state index in [9.17, 15) is 14.4 Å². The molecule has 8 heteroatoms. The van der Waals surface area contributed by atoms with Crippen LogP contribution in [0.4, 0.5) is 5.69 Å². The molecule has 4 rings (SSSR count). The number of rotatable bonds is 3. The molecule has 1 aromatic carbocycles. The van der Waals surface area contributed by atoms with Crippen LogP contribution in [0.15, 0.2) is 24.3 Å². The fourth-order valence-corrected chi connectivity index (χ4v) is 4.08. The van der Waals surface area contributed by atoms with Gasteiger partial charge in [0.15, 0.2) is 0 Å². The zero-order valence-corrected chi connectivity index (χ0v) is 15.9. The second-order valence-electron chi connectivity index (χ2n) is 7.49. The largest absolute Gasteiger partial charge is 0.379 e. The molecule has 0 saturated carbocycles. The Balaban J connectivity index is 1.34. The van der Waals surface area contributed by atoms with Crippen LogP contribution in [0.1, 0.15) is 17.9 Å². The van der Waals surface area contributed by atoms with Crippen LogP contribution in [0, 0.1) is 0 Å². The lowest BCUT2D eigenvalue weighted by molar-refractivity contribution is -0.142. The Kier molecular flexibility index (Phi) is 5.59. The highest BCUT2D eigenvalue weighted by molar-refractivity contribution is 6.01. The van der Waals surface area contributed by atoms with Gasteiger partial charge in [-0.3, -0.25) is 19.3 Å². The van der Waals surface area contributed by atoms with Gasteiger partial charge in [0.2, 0.25) is 17.7 Å². The summed E-state index contributed by atoms with van der Waals surface area (Å²) in [5.41, 5.74) is 1.59. The fraction of sp³-hybridized carbons (Fsp3) is 0.550. The molecule has 0 spiro atoms. The number of amides is 3. The lowest BCUT2D eigenvalue weighted by atomic mass is 9.89. The van der Waals surface area contributed by atoms with Gasteiger partial charge in [0, 0.05) is 51.4 Å². The van der Waals surface area contributed by atoms with Crippen molar-refractivity contribution in [2.75, 3.05) is 64.3 Å². The first-order valence-corrected chi connectivity index (χ1v) is 9.87. The number of anilines is 1. The van der Waals surface area contributed by atoms with Crippen molar-refractivity contribution in [1.82, 2.24) is 14.7 Å². The van der Waals surface area contributed by atoms with Crippen LogP contribution in [0.5, 0.6) is 0 Å². The molecule has 28 heavy (non-hydrogen) atoms. The number of ether oxygens (including phenoxy) is 1. The Hall–Kier alpha value is -2.45. The Morgan fingerprint density at radius 2 is 1.68 bits per heavy atom. The van der Waals surface area contributed by atoms with E-state index < -0.39 is 5.92 Å². The van der Waals surface area contributed by atoms with E-state index in [1.807, 2.05) is 29.2 Å². The lowest BCUT2D eigenvalue weighted by Gasteiger charge is -2.38. The summed E-state index contributed by atoms with van der Waals surface area (Å²) in [6.45, 7) is 5.42. The van der Waals surface area contributed by atoms with Crippen molar-refractivity contribution in [1.29, 1.82) is 0 Å². The van der Waals surface area contributed by atoms with Crippen molar-refractivity contribution in [3.05, 3.63) is 29.8 Å². The molecule has 1 aromatic rings. The van der Waals surface area contributed by atoms with Crippen molar-refractivity contribution in [2.45, 2.75) is 12.3 Å². The molecule has 1 unspecified atom stereocenters. The van der Waals surface area contributed by atoms with E-state index in [2.05, 4.69) is 10.2 Å². The molecule has 3 aliphatic rings. The van der Waals surface area contributed by atoms with Crippen molar-refractivity contribution >= 4 is 23.4 Å². The van der Waals surface area contributed by atoms with Crippen LogP contribution in [0.25, 0.3) is 0 Å². The molecule has 3 aliphatic heterocycles. The predicted molar refractivity (Wildman–Crippen MR) is 103 cm³/mol.